The van der Waals surface area contributed by atoms with Gasteiger partial charge in [0.25, 0.3) is 5.91 Å². The van der Waals surface area contributed by atoms with Crippen molar-refractivity contribution in [2.45, 2.75) is 0 Å². The molecule has 25 heavy (non-hydrogen) atoms. The van der Waals surface area contributed by atoms with Crippen LogP contribution in [0.4, 0.5) is 11.4 Å². The third-order valence-corrected chi connectivity index (χ3v) is 3.23. The van der Waals surface area contributed by atoms with Gasteiger partial charge in [-0.2, -0.15) is 0 Å². The molecule has 3 aromatic rings. The maximum absolute atomic E-state index is 12.0. The van der Waals surface area contributed by atoms with Crippen LogP contribution in [0.15, 0.2) is 84.9 Å². The fraction of sp³-hybridized carbons (Fsp3) is 0. The van der Waals surface area contributed by atoms with Crippen LogP contribution in [0.5, 0.6) is 0 Å². The molecule has 0 aliphatic heterocycles. The van der Waals surface area contributed by atoms with Crippen LogP contribution in [-0.4, -0.2) is 17.0 Å². The number of benzene rings is 3. The van der Waals surface area contributed by atoms with Crippen LogP contribution in [0.25, 0.3) is 0 Å². The van der Waals surface area contributed by atoms with Crippen molar-refractivity contribution >= 4 is 23.3 Å². The molecule has 0 heterocycles. The molecule has 5 nitrogen and oxygen atoms in total. The van der Waals surface area contributed by atoms with E-state index in [1.807, 2.05) is 36.4 Å². The average Bonchev–Trinajstić information content (AvgIpc) is 2.63. The van der Waals surface area contributed by atoms with E-state index in [2.05, 4.69) is 5.32 Å². The Morgan fingerprint density at radius 3 is 1.68 bits per heavy atom. The summed E-state index contributed by atoms with van der Waals surface area (Å²) >= 11 is 0. The average molecular weight is 334 g/mol. The fourth-order valence-electron chi connectivity index (χ4n) is 2.04. The lowest BCUT2D eigenvalue weighted by molar-refractivity contribution is 0.0692. The van der Waals surface area contributed by atoms with Gasteiger partial charge in [-0.1, -0.05) is 48.5 Å². The molecular formula is C20H18N2O3. The molecule has 3 rings (SSSR count). The van der Waals surface area contributed by atoms with Crippen molar-refractivity contribution in [3.8, 4) is 0 Å². The van der Waals surface area contributed by atoms with Crippen molar-refractivity contribution in [2.24, 2.45) is 0 Å². The highest BCUT2D eigenvalue weighted by Gasteiger charge is 2.15. The molecular weight excluding hydrogens is 316 g/mol. The SMILES string of the molecule is Nc1ccccc1.O=C(O)c1ccccc1C(=O)Nc1ccccc1. The molecule has 0 unspecified atom stereocenters. The van der Waals surface area contributed by atoms with Crippen molar-refractivity contribution in [2.75, 3.05) is 11.1 Å². The Morgan fingerprint density at radius 1 is 0.720 bits per heavy atom. The van der Waals surface area contributed by atoms with E-state index in [1.165, 1.54) is 12.1 Å². The lowest BCUT2D eigenvalue weighted by Gasteiger charge is -2.07. The number of nitrogens with two attached hydrogens (primary N) is 1. The topological polar surface area (TPSA) is 92.4 Å². The number of anilines is 2. The minimum Gasteiger partial charge on any atom is -0.478 e. The second kappa shape index (κ2) is 8.88. The minimum absolute atomic E-state index is 0.00840. The monoisotopic (exact) mass is 334 g/mol. The molecule has 0 aliphatic rings. The molecule has 5 heteroatoms. The van der Waals surface area contributed by atoms with E-state index in [4.69, 9.17) is 10.8 Å². The van der Waals surface area contributed by atoms with Gasteiger partial charge >= 0.3 is 5.97 Å². The third kappa shape index (κ3) is 5.51. The molecule has 1 amide bonds. The van der Waals surface area contributed by atoms with Gasteiger partial charge in [0.1, 0.15) is 0 Å². The summed E-state index contributed by atoms with van der Waals surface area (Å²) in [7, 11) is 0. The van der Waals surface area contributed by atoms with Crippen molar-refractivity contribution in [3.05, 3.63) is 96.1 Å². The summed E-state index contributed by atoms with van der Waals surface area (Å²) in [6.07, 6.45) is 0. The number of aromatic carboxylic acids is 1. The molecule has 0 saturated heterocycles. The summed E-state index contributed by atoms with van der Waals surface area (Å²) in [5.74, 6) is -1.55. The second-order valence-electron chi connectivity index (χ2n) is 5.08. The number of rotatable bonds is 3. The number of carboxylic acid groups (broad SMARTS) is 1. The van der Waals surface area contributed by atoms with Gasteiger partial charge in [-0.15, -0.1) is 0 Å². The molecule has 0 fully saturated rings. The van der Waals surface area contributed by atoms with Gasteiger partial charge in [0, 0.05) is 11.4 Å². The minimum atomic E-state index is -1.12. The van der Waals surface area contributed by atoms with Gasteiger partial charge in [-0.25, -0.2) is 4.79 Å². The summed E-state index contributed by atoms with van der Waals surface area (Å²) < 4.78 is 0. The molecule has 4 N–H and O–H groups in total. The van der Waals surface area contributed by atoms with Crippen LogP contribution < -0.4 is 11.1 Å². The predicted molar refractivity (Wildman–Crippen MR) is 98.7 cm³/mol. The molecule has 0 saturated carbocycles. The van der Waals surface area contributed by atoms with Gasteiger partial charge in [0.2, 0.25) is 0 Å². The Morgan fingerprint density at radius 2 is 1.20 bits per heavy atom. The number of hydrogen-bond donors (Lipinski definition) is 3. The number of para-hydroxylation sites is 2. The summed E-state index contributed by atoms with van der Waals surface area (Å²) in [6, 6.07) is 24.5. The zero-order valence-electron chi connectivity index (χ0n) is 13.4. The summed E-state index contributed by atoms with van der Waals surface area (Å²) in [4.78, 5) is 23.0. The highest BCUT2D eigenvalue weighted by Crippen LogP contribution is 2.12. The predicted octanol–water partition coefficient (Wildman–Crippen LogP) is 3.91. The van der Waals surface area contributed by atoms with E-state index in [1.54, 1.807) is 36.4 Å². The van der Waals surface area contributed by atoms with Crippen molar-refractivity contribution in [1.82, 2.24) is 0 Å². The summed E-state index contributed by atoms with van der Waals surface area (Å²) in [6.45, 7) is 0. The lowest BCUT2D eigenvalue weighted by atomic mass is 10.1. The zero-order valence-corrected chi connectivity index (χ0v) is 13.4. The largest absolute Gasteiger partial charge is 0.478 e. The van der Waals surface area contributed by atoms with Gasteiger partial charge < -0.3 is 16.2 Å². The smallest absolute Gasteiger partial charge is 0.336 e. The van der Waals surface area contributed by atoms with Crippen LogP contribution >= 0.6 is 0 Å². The lowest BCUT2D eigenvalue weighted by Crippen LogP contribution is -2.16. The Labute approximate surface area is 145 Å². The summed E-state index contributed by atoms with van der Waals surface area (Å²) in [5.41, 5.74) is 6.95. The number of carboxylic acids is 1. The van der Waals surface area contributed by atoms with Crippen LogP contribution in [0.2, 0.25) is 0 Å². The van der Waals surface area contributed by atoms with Crippen LogP contribution in [-0.2, 0) is 0 Å². The van der Waals surface area contributed by atoms with E-state index >= 15 is 0 Å². The number of nitrogens with one attached hydrogen (secondary N) is 1. The third-order valence-electron chi connectivity index (χ3n) is 3.23. The Bertz CT molecular complexity index is 834. The second-order valence-corrected chi connectivity index (χ2v) is 5.08. The first-order valence-corrected chi connectivity index (χ1v) is 7.57. The number of carbonyl (C=O) groups is 2. The van der Waals surface area contributed by atoms with Gasteiger partial charge in [-0.05, 0) is 36.4 Å². The van der Waals surface area contributed by atoms with E-state index in [0.29, 0.717) is 5.69 Å². The maximum Gasteiger partial charge on any atom is 0.336 e. The number of hydrogen-bond acceptors (Lipinski definition) is 3. The molecule has 0 atom stereocenters. The molecule has 3 aromatic carbocycles. The first-order chi connectivity index (χ1) is 12.1. The molecule has 0 bridgehead atoms. The van der Waals surface area contributed by atoms with Crippen molar-refractivity contribution < 1.29 is 14.7 Å². The fourth-order valence-corrected chi connectivity index (χ4v) is 2.04. The highest BCUT2D eigenvalue weighted by molar-refractivity contribution is 6.10. The van der Waals surface area contributed by atoms with Crippen molar-refractivity contribution in [3.63, 3.8) is 0 Å². The van der Waals surface area contributed by atoms with Crippen LogP contribution in [0.1, 0.15) is 20.7 Å². The maximum atomic E-state index is 12.0. The quantitative estimate of drug-likeness (QED) is 0.633. The van der Waals surface area contributed by atoms with E-state index in [-0.39, 0.29) is 11.1 Å². The normalized spacial score (nSPS) is 9.44. The van der Waals surface area contributed by atoms with E-state index in [0.717, 1.165) is 5.69 Å². The van der Waals surface area contributed by atoms with Gasteiger partial charge in [0.15, 0.2) is 0 Å². The summed E-state index contributed by atoms with van der Waals surface area (Å²) in [5, 5.41) is 11.7. The van der Waals surface area contributed by atoms with Crippen molar-refractivity contribution in [1.29, 1.82) is 0 Å². The molecule has 0 aromatic heterocycles. The number of nitrogen functional groups attached to an aromatic ring is 1. The first-order valence-electron chi connectivity index (χ1n) is 7.57. The highest BCUT2D eigenvalue weighted by atomic mass is 16.4. The molecule has 0 spiro atoms. The molecule has 0 radical (unpaired) electrons. The van der Waals surface area contributed by atoms with Gasteiger partial charge in [0.05, 0.1) is 11.1 Å². The van der Waals surface area contributed by atoms with E-state index in [9.17, 15) is 9.59 Å². The number of amides is 1. The molecule has 0 aliphatic carbocycles. The van der Waals surface area contributed by atoms with Crippen LogP contribution in [0, 0.1) is 0 Å². The Kier molecular flexibility index (Phi) is 6.31. The number of carbonyl (C=O) groups excluding carboxylic acids is 1. The first kappa shape index (κ1) is 17.7. The van der Waals surface area contributed by atoms with Crippen LogP contribution in [0.3, 0.4) is 0 Å². The zero-order chi connectivity index (χ0) is 18.1. The Balaban J connectivity index is 0.000000269. The van der Waals surface area contributed by atoms with Gasteiger partial charge in [-0.3, -0.25) is 4.79 Å². The standard InChI is InChI=1S/C14H11NO3.C6H7N/c16-13(15-10-6-2-1-3-7-10)11-8-4-5-9-12(11)14(17)18;7-6-4-2-1-3-5-6/h1-9H,(H,15,16)(H,17,18);1-5H,7H2. The Hall–Kier alpha value is -3.60. The molecule has 126 valence electrons. The van der Waals surface area contributed by atoms with E-state index < -0.39 is 11.9 Å².